The van der Waals surface area contributed by atoms with Gasteiger partial charge in [0.25, 0.3) is 0 Å². The molecule has 7 heteroatoms. The third-order valence-electron chi connectivity index (χ3n) is 3.58. The van der Waals surface area contributed by atoms with E-state index in [1.54, 1.807) is 0 Å². The van der Waals surface area contributed by atoms with E-state index >= 15 is 0 Å². The van der Waals surface area contributed by atoms with Crippen LogP contribution in [0.25, 0.3) is 0 Å². The van der Waals surface area contributed by atoms with Gasteiger partial charge in [-0.15, -0.1) is 0 Å². The van der Waals surface area contributed by atoms with Crippen molar-refractivity contribution in [3.8, 4) is 0 Å². The summed E-state index contributed by atoms with van der Waals surface area (Å²) in [5.41, 5.74) is 0. The largest absolute Gasteiger partial charge is 0.311 e. The Morgan fingerprint density at radius 1 is 1.29 bits per heavy atom. The topological polar surface area (TPSA) is 86.9 Å². The molecule has 3 N–H and O–H groups in total. The maximum Gasteiger partial charge on any atom is 0.243 e. The van der Waals surface area contributed by atoms with E-state index in [1.807, 2.05) is 0 Å². The number of nitrogens with one attached hydrogen (secondary N) is 3. The maximum atomic E-state index is 12.0. The summed E-state index contributed by atoms with van der Waals surface area (Å²) in [6.07, 6.45) is 6.82. The molecule has 6 nitrogen and oxygen atoms in total. The van der Waals surface area contributed by atoms with Crippen molar-refractivity contribution in [1.82, 2.24) is 20.2 Å². The Morgan fingerprint density at radius 3 is 2.59 bits per heavy atom. The SMILES string of the molecule is O=S(=O)(NC1CC2CCC(C1)N2)c1cn[nH]c1. The van der Waals surface area contributed by atoms with Crippen LogP contribution in [0.4, 0.5) is 0 Å². The lowest BCUT2D eigenvalue weighted by Gasteiger charge is -2.29. The lowest BCUT2D eigenvalue weighted by molar-refractivity contribution is 0.345. The van der Waals surface area contributed by atoms with Gasteiger partial charge in [-0.25, -0.2) is 13.1 Å². The van der Waals surface area contributed by atoms with Crippen LogP contribution in [-0.4, -0.2) is 36.7 Å². The van der Waals surface area contributed by atoms with Crippen LogP contribution in [0.1, 0.15) is 25.7 Å². The Hall–Kier alpha value is -0.920. The minimum absolute atomic E-state index is 0.0497. The standard InChI is InChI=1S/C10H16N4O2S/c15-17(16,10-5-11-12-6-10)14-9-3-7-1-2-8(4-9)13-7/h5-9,13-14H,1-4H2,(H,11,12). The average molecular weight is 256 g/mol. The minimum Gasteiger partial charge on any atom is -0.311 e. The molecule has 17 heavy (non-hydrogen) atoms. The van der Waals surface area contributed by atoms with Gasteiger partial charge in [0.15, 0.2) is 0 Å². The molecule has 3 rings (SSSR count). The Labute approximate surface area is 100 Å². The lowest BCUT2D eigenvalue weighted by Crippen LogP contribution is -2.47. The van der Waals surface area contributed by atoms with Crippen molar-refractivity contribution in [2.75, 3.05) is 0 Å². The summed E-state index contributed by atoms with van der Waals surface area (Å²) in [4.78, 5) is 0.211. The second-order valence-electron chi connectivity index (χ2n) is 4.86. The Morgan fingerprint density at radius 2 is 2.00 bits per heavy atom. The molecule has 2 aliphatic rings. The van der Waals surface area contributed by atoms with E-state index in [0.29, 0.717) is 12.1 Å². The number of nitrogens with zero attached hydrogens (tertiary/aromatic N) is 1. The number of aromatic nitrogens is 2. The number of rotatable bonds is 3. The van der Waals surface area contributed by atoms with Crippen molar-refractivity contribution in [2.24, 2.45) is 0 Å². The van der Waals surface area contributed by atoms with Crippen LogP contribution < -0.4 is 10.0 Å². The molecule has 94 valence electrons. The van der Waals surface area contributed by atoms with Gasteiger partial charge in [-0.05, 0) is 25.7 Å². The Kier molecular flexibility index (Phi) is 2.68. The van der Waals surface area contributed by atoms with Crippen molar-refractivity contribution in [2.45, 2.75) is 48.7 Å². The van der Waals surface area contributed by atoms with E-state index in [0.717, 1.165) is 25.7 Å². The van der Waals surface area contributed by atoms with Gasteiger partial charge < -0.3 is 5.32 Å². The van der Waals surface area contributed by atoms with Gasteiger partial charge >= 0.3 is 0 Å². The minimum atomic E-state index is -3.41. The normalized spacial score (nSPS) is 32.8. The van der Waals surface area contributed by atoms with Crippen molar-refractivity contribution < 1.29 is 8.42 Å². The molecule has 1 aromatic rings. The van der Waals surface area contributed by atoms with Crippen molar-refractivity contribution in [3.05, 3.63) is 12.4 Å². The molecule has 0 aromatic carbocycles. The summed E-state index contributed by atoms with van der Waals surface area (Å²) >= 11 is 0. The first-order chi connectivity index (χ1) is 8.13. The quantitative estimate of drug-likeness (QED) is 0.709. The number of piperidine rings is 1. The molecule has 0 aliphatic carbocycles. The molecule has 2 aliphatic heterocycles. The van der Waals surface area contributed by atoms with Gasteiger partial charge in [-0.1, -0.05) is 0 Å². The van der Waals surface area contributed by atoms with Gasteiger partial charge in [0.1, 0.15) is 4.90 Å². The van der Waals surface area contributed by atoms with Gasteiger partial charge in [-0.3, -0.25) is 5.10 Å². The van der Waals surface area contributed by atoms with E-state index in [9.17, 15) is 8.42 Å². The number of fused-ring (bicyclic) bond motifs is 2. The highest BCUT2D eigenvalue weighted by molar-refractivity contribution is 7.89. The summed E-state index contributed by atoms with van der Waals surface area (Å²) in [6.45, 7) is 0. The van der Waals surface area contributed by atoms with Crippen LogP contribution in [0, 0.1) is 0 Å². The molecule has 0 spiro atoms. The number of hydrogen-bond donors (Lipinski definition) is 3. The molecule has 2 bridgehead atoms. The fourth-order valence-corrected chi connectivity index (χ4v) is 3.99. The smallest absolute Gasteiger partial charge is 0.243 e. The number of aromatic amines is 1. The van der Waals surface area contributed by atoms with Crippen LogP contribution >= 0.6 is 0 Å². The summed E-state index contributed by atoms with van der Waals surface area (Å²) < 4.78 is 26.8. The zero-order valence-electron chi connectivity index (χ0n) is 9.39. The number of sulfonamides is 1. The summed E-state index contributed by atoms with van der Waals surface area (Å²) in [5, 5.41) is 9.68. The highest BCUT2D eigenvalue weighted by Gasteiger charge is 2.35. The Bertz CT molecular complexity index is 472. The third kappa shape index (κ3) is 2.22. The predicted octanol–water partition coefficient (Wildman–Crippen LogP) is -0.0290. The molecule has 2 atom stereocenters. The highest BCUT2D eigenvalue weighted by atomic mass is 32.2. The molecule has 2 fully saturated rings. The Balaban J connectivity index is 1.71. The lowest BCUT2D eigenvalue weighted by atomic mass is 10.0. The van der Waals surface area contributed by atoms with Crippen LogP contribution in [-0.2, 0) is 10.0 Å². The summed E-state index contributed by atoms with van der Waals surface area (Å²) in [6, 6.07) is 1.00. The summed E-state index contributed by atoms with van der Waals surface area (Å²) in [7, 11) is -3.41. The summed E-state index contributed by atoms with van der Waals surface area (Å²) in [5.74, 6) is 0. The van der Waals surface area contributed by atoms with Crippen LogP contribution in [0.2, 0.25) is 0 Å². The maximum absolute atomic E-state index is 12.0. The van der Waals surface area contributed by atoms with E-state index in [4.69, 9.17) is 0 Å². The molecule has 1 aromatic heterocycles. The van der Waals surface area contributed by atoms with Gasteiger partial charge in [0.05, 0.1) is 6.20 Å². The first-order valence-corrected chi connectivity index (χ1v) is 7.39. The second kappa shape index (κ2) is 4.08. The number of H-pyrrole nitrogens is 1. The van der Waals surface area contributed by atoms with Gasteiger partial charge in [0.2, 0.25) is 10.0 Å². The highest BCUT2D eigenvalue weighted by Crippen LogP contribution is 2.27. The van der Waals surface area contributed by atoms with Crippen LogP contribution in [0.3, 0.4) is 0 Å². The predicted molar refractivity (Wildman–Crippen MR) is 61.9 cm³/mol. The van der Waals surface area contributed by atoms with Crippen molar-refractivity contribution >= 4 is 10.0 Å². The van der Waals surface area contributed by atoms with Crippen LogP contribution in [0.5, 0.6) is 0 Å². The average Bonchev–Trinajstić information content (AvgIpc) is 2.88. The van der Waals surface area contributed by atoms with Gasteiger partial charge in [0, 0.05) is 24.3 Å². The first-order valence-electron chi connectivity index (χ1n) is 5.90. The second-order valence-corrected chi connectivity index (χ2v) is 6.58. The molecule has 2 saturated heterocycles. The molecular formula is C10H16N4O2S. The van der Waals surface area contributed by atoms with E-state index in [-0.39, 0.29) is 10.9 Å². The fourth-order valence-electron chi connectivity index (χ4n) is 2.83. The first kappa shape index (κ1) is 11.2. The zero-order chi connectivity index (χ0) is 11.9. The van der Waals surface area contributed by atoms with Crippen molar-refractivity contribution in [1.29, 1.82) is 0 Å². The number of hydrogen-bond acceptors (Lipinski definition) is 4. The van der Waals surface area contributed by atoms with E-state index in [1.165, 1.54) is 12.4 Å². The molecule has 2 unspecified atom stereocenters. The molecule has 0 amide bonds. The molecule has 3 heterocycles. The van der Waals surface area contributed by atoms with Crippen molar-refractivity contribution in [3.63, 3.8) is 0 Å². The third-order valence-corrected chi connectivity index (χ3v) is 5.07. The fraction of sp³-hybridized carbons (Fsp3) is 0.700. The zero-order valence-corrected chi connectivity index (χ0v) is 10.2. The molecule has 0 radical (unpaired) electrons. The molecule has 0 saturated carbocycles. The van der Waals surface area contributed by atoms with E-state index in [2.05, 4.69) is 20.2 Å². The van der Waals surface area contributed by atoms with Gasteiger partial charge in [-0.2, -0.15) is 5.10 Å². The van der Waals surface area contributed by atoms with Crippen LogP contribution in [0.15, 0.2) is 17.3 Å². The monoisotopic (exact) mass is 256 g/mol. The van der Waals surface area contributed by atoms with E-state index < -0.39 is 10.0 Å². The molecular weight excluding hydrogens is 240 g/mol.